The lowest BCUT2D eigenvalue weighted by Gasteiger charge is -2.05. The Morgan fingerprint density at radius 3 is 2.94 bits per heavy atom. The molecule has 0 spiro atoms. The second kappa shape index (κ2) is 6.16. The molecule has 1 heterocycles. The maximum absolute atomic E-state index is 8.56. The van der Waals surface area contributed by atoms with E-state index in [0.717, 1.165) is 32.1 Å². The zero-order valence-corrected chi connectivity index (χ0v) is 9.72. The third-order valence-corrected chi connectivity index (χ3v) is 2.59. The van der Waals surface area contributed by atoms with Gasteiger partial charge in [-0.2, -0.15) is 5.26 Å². The van der Waals surface area contributed by atoms with Crippen LogP contribution >= 0.6 is 0 Å². The van der Waals surface area contributed by atoms with Gasteiger partial charge >= 0.3 is 0 Å². The van der Waals surface area contributed by atoms with Crippen molar-refractivity contribution < 1.29 is 4.74 Å². The van der Waals surface area contributed by atoms with Gasteiger partial charge in [-0.15, -0.1) is 0 Å². The van der Waals surface area contributed by atoms with Gasteiger partial charge < -0.3 is 10.1 Å². The van der Waals surface area contributed by atoms with Gasteiger partial charge in [-0.3, -0.25) is 0 Å². The molecule has 0 unspecified atom stereocenters. The van der Waals surface area contributed by atoms with E-state index in [2.05, 4.69) is 15.3 Å². The van der Waals surface area contributed by atoms with Crippen LogP contribution in [0.4, 0.5) is 5.82 Å². The van der Waals surface area contributed by atoms with Crippen molar-refractivity contribution in [2.75, 3.05) is 25.1 Å². The molecule has 17 heavy (non-hydrogen) atoms. The van der Waals surface area contributed by atoms with Crippen LogP contribution in [0.5, 0.6) is 0 Å². The topological polar surface area (TPSA) is 70.8 Å². The van der Waals surface area contributed by atoms with Crippen LogP contribution in [0.25, 0.3) is 0 Å². The molecular weight excluding hydrogens is 216 g/mol. The quantitative estimate of drug-likeness (QED) is 0.723. The molecule has 0 bridgehead atoms. The van der Waals surface area contributed by atoms with E-state index in [4.69, 9.17) is 10.00 Å². The fourth-order valence-corrected chi connectivity index (χ4v) is 1.40. The van der Waals surface area contributed by atoms with Crippen molar-refractivity contribution in [3.8, 4) is 6.07 Å². The number of nitrogens with one attached hydrogen (secondary N) is 1. The first kappa shape index (κ1) is 11.8. The Balaban J connectivity index is 1.55. The Kier molecular flexibility index (Phi) is 4.28. The Morgan fingerprint density at radius 1 is 1.41 bits per heavy atom. The van der Waals surface area contributed by atoms with E-state index < -0.39 is 0 Å². The first-order chi connectivity index (χ1) is 8.38. The normalized spacial score (nSPS) is 14.3. The highest BCUT2D eigenvalue weighted by Gasteiger charge is 2.20. The second-order valence-electron chi connectivity index (χ2n) is 4.20. The van der Waals surface area contributed by atoms with Crippen LogP contribution in [0.2, 0.25) is 0 Å². The predicted molar refractivity (Wildman–Crippen MR) is 63.4 cm³/mol. The molecule has 1 aliphatic rings. The first-order valence-electron chi connectivity index (χ1n) is 5.92. The maximum Gasteiger partial charge on any atom is 0.158 e. The lowest BCUT2D eigenvalue weighted by Crippen LogP contribution is -2.08. The summed E-state index contributed by atoms with van der Waals surface area (Å²) in [5.41, 5.74) is 0.336. The molecule has 0 aromatic carbocycles. The highest BCUT2D eigenvalue weighted by Crippen LogP contribution is 2.28. The molecule has 1 aliphatic carbocycles. The molecular formula is C12H16N4O. The summed E-state index contributed by atoms with van der Waals surface area (Å²) in [6, 6.07) is 1.93. The molecule has 1 aromatic rings. The Morgan fingerprint density at radius 2 is 2.29 bits per heavy atom. The van der Waals surface area contributed by atoms with Crippen LogP contribution in [-0.2, 0) is 4.74 Å². The lowest BCUT2D eigenvalue weighted by molar-refractivity contribution is 0.124. The summed E-state index contributed by atoms with van der Waals surface area (Å²) in [7, 11) is 0. The van der Waals surface area contributed by atoms with Gasteiger partial charge in [0.2, 0.25) is 0 Å². The zero-order chi connectivity index (χ0) is 11.9. The summed E-state index contributed by atoms with van der Waals surface area (Å²) < 4.78 is 5.51. The molecule has 1 fully saturated rings. The number of anilines is 1. The molecule has 90 valence electrons. The van der Waals surface area contributed by atoms with Crippen LogP contribution in [0.1, 0.15) is 25.0 Å². The number of nitrogens with zero attached hydrogens (tertiary/aromatic N) is 3. The molecule has 5 heteroatoms. The standard InChI is InChI=1S/C12H16N4O/c13-6-11-7-16-12(8-15-11)14-4-1-5-17-9-10-2-3-10/h7-8,10H,1-5,9H2,(H,14,16). The minimum absolute atomic E-state index is 0.336. The average Bonchev–Trinajstić information content (AvgIpc) is 3.18. The average molecular weight is 232 g/mol. The van der Waals surface area contributed by atoms with Crippen molar-refractivity contribution in [2.45, 2.75) is 19.3 Å². The molecule has 5 nitrogen and oxygen atoms in total. The summed E-state index contributed by atoms with van der Waals surface area (Å²) in [5.74, 6) is 1.53. The molecule has 1 saturated carbocycles. The largest absolute Gasteiger partial charge is 0.381 e. The monoisotopic (exact) mass is 232 g/mol. The van der Waals surface area contributed by atoms with Crippen molar-refractivity contribution in [3.05, 3.63) is 18.1 Å². The van der Waals surface area contributed by atoms with Gasteiger partial charge in [0, 0.05) is 19.8 Å². The van der Waals surface area contributed by atoms with Crippen molar-refractivity contribution in [2.24, 2.45) is 5.92 Å². The predicted octanol–water partition coefficient (Wildman–Crippen LogP) is 1.58. The van der Waals surface area contributed by atoms with Crippen molar-refractivity contribution in [1.29, 1.82) is 5.26 Å². The van der Waals surface area contributed by atoms with E-state index in [0.29, 0.717) is 11.5 Å². The molecule has 0 aliphatic heterocycles. The number of nitriles is 1. The highest BCUT2D eigenvalue weighted by molar-refractivity contribution is 5.32. The van der Waals surface area contributed by atoms with Crippen molar-refractivity contribution in [3.63, 3.8) is 0 Å². The fraction of sp³-hybridized carbons (Fsp3) is 0.583. The number of rotatable bonds is 7. The first-order valence-corrected chi connectivity index (χ1v) is 5.92. The summed E-state index contributed by atoms with van der Waals surface area (Å²) in [6.07, 6.45) is 6.65. The van der Waals surface area contributed by atoms with Gasteiger partial charge in [0.1, 0.15) is 11.9 Å². The molecule has 0 saturated heterocycles. The molecule has 2 rings (SSSR count). The minimum Gasteiger partial charge on any atom is -0.381 e. The van der Waals surface area contributed by atoms with Gasteiger partial charge in [0.25, 0.3) is 0 Å². The van der Waals surface area contributed by atoms with Crippen LogP contribution < -0.4 is 5.32 Å². The summed E-state index contributed by atoms with van der Waals surface area (Å²) in [5, 5.41) is 11.7. The summed E-state index contributed by atoms with van der Waals surface area (Å²) >= 11 is 0. The molecule has 0 radical (unpaired) electrons. The van der Waals surface area contributed by atoms with Crippen LogP contribution in [0, 0.1) is 17.2 Å². The van der Waals surface area contributed by atoms with Gasteiger partial charge in [0.15, 0.2) is 5.69 Å². The van der Waals surface area contributed by atoms with Crippen LogP contribution in [-0.4, -0.2) is 29.7 Å². The number of aromatic nitrogens is 2. The molecule has 1 aromatic heterocycles. The molecule has 0 amide bonds. The summed E-state index contributed by atoms with van der Waals surface area (Å²) in [4.78, 5) is 7.99. The van der Waals surface area contributed by atoms with Gasteiger partial charge in [0.05, 0.1) is 12.4 Å². The number of ether oxygens (including phenoxy) is 1. The Labute approximate surface area is 101 Å². The molecule has 0 atom stereocenters. The van der Waals surface area contributed by atoms with E-state index in [-0.39, 0.29) is 0 Å². The van der Waals surface area contributed by atoms with Gasteiger partial charge in [-0.1, -0.05) is 0 Å². The van der Waals surface area contributed by atoms with E-state index in [1.54, 1.807) is 6.20 Å². The minimum atomic E-state index is 0.336. The van der Waals surface area contributed by atoms with Crippen LogP contribution in [0.15, 0.2) is 12.4 Å². The van der Waals surface area contributed by atoms with Crippen molar-refractivity contribution >= 4 is 5.82 Å². The lowest BCUT2D eigenvalue weighted by atomic mass is 10.4. The molecule has 1 N–H and O–H groups in total. The number of hydrogen-bond acceptors (Lipinski definition) is 5. The van der Waals surface area contributed by atoms with Crippen molar-refractivity contribution in [1.82, 2.24) is 9.97 Å². The smallest absolute Gasteiger partial charge is 0.158 e. The zero-order valence-electron chi connectivity index (χ0n) is 9.72. The Hall–Kier alpha value is -1.67. The maximum atomic E-state index is 8.56. The fourth-order valence-electron chi connectivity index (χ4n) is 1.40. The Bertz CT molecular complexity index is 380. The third kappa shape index (κ3) is 4.37. The SMILES string of the molecule is N#Cc1cnc(NCCCOCC2CC2)cn1. The van der Waals surface area contributed by atoms with E-state index >= 15 is 0 Å². The van der Waals surface area contributed by atoms with E-state index in [1.165, 1.54) is 19.0 Å². The van der Waals surface area contributed by atoms with Gasteiger partial charge in [-0.05, 0) is 25.2 Å². The highest BCUT2D eigenvalue weighted by atomic mass is 16.5. The summed E-state index contributed by atoms with van der Waals surface area (Å²) in [6.45, 7) is 2.51. The number of hydrogen-bond donors (Lipinski definition) is 1. The van der Waals surface area contributed by atoms with Gasteiger partial charge in [-0.25, -0.2) is 9.97 Å². The third-order valence-electron chi connectivity index (χ3n) is 2.59. The van der Waals surface area contributed by atoms with E-state index in [9.17, 15) is 0 Å². The second-order valence-corrected chi connectivity index (χ2v) is 4.20. The van der Waals surface area contributed by atoms with Crippen LogP contribution in [0.3, 0.4) is 0 Å². The van der Waals surface area contributed by atoms with E-state index in [1.807, 2.05) is 6.07 Å².